The van der Waals surface area contributed by atoms with Crippen LogP contribution in [-0.4, -0.2) is 18.4 Å². The smallest absolute Gasteiger partial charge is 0.224 e. The number of benzene rings is 1. The van der Waals surface area contributed by atoms with Crippen molar-refractivity contribution in [2.75, 3.05) is 12.4 Å². The van der Waals surface area contributed by atoms with Crippen molar-refractivity contribution in [1.29, 1.82) is 0 Å². The molecular formula is C16H30N4OS. The van der Waals surface area contributed by atoms with E-state index in [4.69, 9.17) is 0 Å². The number of anilines is 1. The van der Waals surface area contributed by atoms with Crippen molar-refractivity contribution in [1.82, 2.24) is 5.43 Å². The zero-order valence-electron chi connectivity index (χ0n) is 14.3. The molecule has 0 unspecified atom stereocenters. The molecule has 0 radical (unpaired) electrons. The quantitative estimate of drug-likeness (QED) is 0.389. The van der Waals surface area contributed by atoms with Crippen molar-refractivity contribution in [3.05, 3.63) is 35.9 Å². The third-order valence-electron chi connectivity index (χ3n) is 2.08. The molecule has 6 heteroatoms. The van der Waals surface area contributed by atoms with Gasteiger partial charge < -0.3 is 11.1 Å². The normalized spacial score (nSPS) is 7.73. The number of hydrazine groups is 1. The van der Waals surface area contributed by atoms with Crippen molar-refractivity contribution in [2.45, 2.75) is 34.1 Å². The molecule has 0 spiro atoms. The standard InChI is InChI=1S/C12H15NO.C2H6.CH6N2.CH3NS/c1-4-10-6-7-11(9(3)8-10)13-12(14)5-2;1-2;1-3-2;2-1-3/h4,6-8H,1,5H2,2-3H3,(H,13,14);1-2H3;3H,2H2,1H3;1H,(H2,2,3). The Morgan fingerprint density at radius 3 is 2.18 bits per heavy atom. The molecule has 0 aliphatic rings. The third kappa shape index (κ3) is 14.6. The second-order valence-electron chi connectivity index (χ2n) is 3.60. The van der Waals surface area contributed by atoms with E-state index in [-0.39, 0.29) is 5.91 Å². The second-order valence-corrected chi connectivity index (χ2v) is 3.88. The monoisotopic (exact) mass is 326 g/mol. The molecule has 0 fully saturated rings. The zero-order chi connectivity index (χ0) is 18.0. The molecule has 1 rings (SSSR count). The summed E-state index contributed by atoms with van der Waals surface area (Å²) < 4.78 is 0. The number of carbonyl (C=O) groups excluding carboxylic acids is 1. The highest BCUT2D eigenvalue weighted by Crippen LogP contribution is 2.17. The lowest BCUT2D eigenvalue weighted by Crippen LogP contribution is -2.13. The van der Waals surface area contributed by atoms with Gasteiger partial charge in [-0.2, -0.15) is 0 Å². The minimum absolute atomic E-state index is 0.0412. The highest BCUT2D eigenvalue weighted by molar-refractivity contribution is 7.78. The molecule has 0 aliphatic carbocycles. The maximum absolute atomic E-state index is 11.2. The summed E-state index contributed by atoms with van der Waals surface area (Å²) in [6.07, 6.45) is 2.29. The molecule has 1 aromatic carbocycles. The van der Waals surface area contributed by atoms with E-state index in [2.05, 4.69) is 41.1 Å². The Labute approximate surface area is 140 Å². The lowest BCUT2D eigenvalue weighted by atomic mass is 10.1. The van der Waals surface area contributed by atoms with Gasteiger partial charge >= 0.3 is 0 Å². The molecule has 6 N–H and O–H groups in total. The van der Waals surface area contributed by atoms with Gasteiger partial charge in [0.25, 0.3) is 0 Å². The first-order chi connectivity index (χ1) is 10.5. The molecular weight excluding hydrogens is 296 g/mol. The van der Waals surface area contributed by atoms with Gasteiger partial charge in [0.1, 0.15) is 0 Å². The molecule has 0 heterocycles. The Kier molecular flexibility index (Phi) is 22.0. The van der Waals surface area contributed by atoms with Crippen molar-refractivity contribution in [3.8, 4) is 0 Å². The third-order valence-corrected chi connectivity index (χ3v) is 2.08. The molecule has 5 nitrogen and oxygen atoms in total. The number of rotatable bonds is 3. The van der Waals surface area contributed by atoms with Gasteiger partial charge in [-0.1, -0.05) is 51.7 Å². The molecule has 1 aromatic rings. The first kappa shape index (κ1) is 25.2. The van der Waals surface area contributed by atoms with Crippen LogP contribution < -0.4 is 22.3 Å². The zero-order valence-corrected chi connectivity index (χ0v) is 15.1. The fourth-order valence-electron chi connectivity index (χ4n) is 1.19. The van der Waals surface area contributed by atoms with Crippen LogP contribution in [0.1, 0.15) is 38.3 Å². The fourth-order valence-corrected chi connectivity index (χ4v) is 1.19. The number of nitrogens with two attached hydrogens (primary N) is 2. The van der Waals surface area contributed by atoms with E-state index in [0.29, 0.717) is 6.42 Å². The predicted octanol–water partition coefficient (Wildman–Crippen LogP) is 2.99. The van der Waals surface area contributed by atoms with Crippen molar-refractivity contribution < 1.29 is 4.79 Å². The molecule has 0 aromatic heterocycles. The predicted molar refractivity (Wildman–Crippen MR) is 103 cm³/mol. The van der Waals surface area contributed by atoms with Crippen LogP contribution in [0.25, 0.3) is 6.08 Å². The van der Waals surface area contributed by atoms with Gasteiger partial charge in [-0.15, -0.1) is 0 Å². The van der Waals surface area contributed by atoms with Gasteiger partial charge in [0.15, 0.2) is 0 Å². The van der Waals surface area contributed by atoms with E-state index in [1.807, 2.05) is 45.9 Å². The summed E-state index contributed by atoms with van der Waals surface area (Å²) in [6, 6.07) is 5.84. The minimum Gasteiger partial charge on any atom is -0.396 e. The van der Waals surface area contributed by atoms with Crippen LogP contribution in [0.4, 0.5) is 5.69 Å². The topological polar surface area (TPSA) is 93.2 Å². The van der Waals surface area contributed by atoms with Crippen LogP contribution in [0, 0.1) is 6.92 Å². The van der Waals surface area contributed by atoms with Crippen molar-refractivity contribution in [3.63, 3.8) is 0 Å². The summed E-state index contributed by atoms with van der Waals surface area (Å²) in [5, 5.41) is 2.84. The van der Waals surface area contributed by atoms with Crippen molar-refractivity contribution >= 4 is 35.4 Å². The molecule has 0 bridgehead atoms. The maximum atomic E-state index is 11.2. The second kappa shape index (κ2) is 19.2. The molecule has 126 valence electrons. The average molecular weight is 327 g/mol. The van der Waals surface area contributed by atoms with E-state index in [1.165, 1.54) is 0 Å². The molecule has 0 saturated heterocycles. The number of hydrogen-bond acceptors (Lipinski definition) is 4. The lowest BCUT2D eigenvalue weighted by Gasteiger charge is -2.07. The van der Waals surface area contributed by atoms with E-state index in [9.17, 15) is 4.79 Å². The minimum atomic E-state index is 0.0412. The van der Waals surface area contributed by atoms with E-state index >= 15 is 0 Å². The maximum Gasteiger partial charge on any atom is 0.224 e. The Hall–Kier alpha value is -1.76. The molecule has 0 aliphatic heterocycles. The first-order valence-electron chi connectivity index (χ1n) is 7.06. The first-order valence-corrected chi connectivity index (χ1v) is 7.53. The summed E-state index contributed by atoms with van der Waals surface area (Å²) >= 11 is 4.05. The summed E-state index contributed by atoms with van der Waals surface area (Å²) in [5.74, 6) is 4.64. The van der Waals surface area contributed by atoms with Gasteiger partial charge in [0.05, 0.1) is 5.49 Å². The van der Waals surface area contributed by atoms with E-state index in [1.54, 1.807) is 13.1 Å². The fraction of sp³-hybridized carbons (Fsp3) is 0.375. The number of aryl methyl sites for hydroxylation is 1. The summed E-state index contributed by atoms with van der Waals surface area (Å²) in [7, 11) is 1.65. The highest BCUT2D eigenvalue weighted by Gasteiger charge is 2.01. The van der Waals surface area contributed by atoms with Crippen LogP contribution >= 0.6 is 12.2 Å². The van der Waals surface area contributed by atoms with Crippen molar-refractivity contribution in [2.24, 2.45) is 11.6 Å². The number of hydrogen-bond donors (Lipinski definition) is 4. The van der Waals surface area contributed by atoms with Crippen LogP contribution in [0.15, 0.2) is 24.8 Å². The van der Waals surface area contributed by atoms with Crippen LogP contribution in [-0.2, 0) is 4.79 Å². The Morgan fingerprint density at radius 1 is 1.41 bits per heavy atom. The average Bonchev–Trinajstić information content (AvgIpc) is 2.52. The summed E-state index contributed by atoms with van der Waals surface area (Å²) in [4.78, 5) is 11.2. The number of nitrogens with one attached hydrogen (secondary N) is 2. The van der Waals surface area contributed by atoms with Gasteiger partial charge in [0, 0.05) is 12.1 Å². The van der Waals surface area contributed by atoms with Gasteiger partial charge in [-0.3, -0.25) is 16.1 Å². The molecule has 0 saturated carbocycles. The van der Waals surface area contributed by atoms with Gasteiger partial charge in [-0.25, -0.2) is 0 Å². The highest BCUT2D eigenvalue weighted by atomic mass is 32.1. The summed E-state index contributed by atoms with van der Waals surface area (Å²) in [6.45, 7) is 11.5. The van der Waals surface area contributed by atoms with Crippen LogP contribution in [0.3, 0.4) is 0 Å². The number of carbonyl (C=O) groups is 1. The van der Waals surface area contributed by atoms with Gasteiger partial charge in [0.2, 0.25) is 5.91 Å². The Morgan fingerprint density at radius 2 is 1.86 bits per heavy atom. The SMILES string of the molecule is C=Cc1ccc(NC(=O)CC)c(C)c1.CC.CNN.NC=S. The Bertz CT molecular complexity index is 423. The van der Waals surface area contributed by atoms with E-state index < -0.39 is 0 Å². The molecule has 22 heavy (non-hydrogen) atoms. The summed E-state index contributed by atoms with van der Waals surface area (Å²) in [5.41, 5.74) is 10.9. The molecule has 0 atom stereocenters. The lowest BCUT2D eigenvalue weighted by molar-refractivity contribution is -0.115. The largest absolute Gasteiger partial charge is 0.396 e. The number of amides is 1. The number of thiocarbonyl (C=S) groups is 1. The van der Waals surface area contributed by atoms with Gasteiger partial charge in [-0.05, 0) is 37.2 Å². The van der Waals surface area contributed by atoms with E-state index in [0.717, 1.165) is 22.3 Å². The Balaban J connectivity index is -0.000000382. The molecule has 1 amide bonds. The van der Waals surface area contributed by atoms with Crippen LogP contribution in [0.2, 0.25) is 0 Å². The van der Waals surface area contributed by atoms with Crippen LogP contribution in [0.5, 0.6) is 0 Å².